The van der Waals surface area contributed by atoms with Gasteiger partial charge >= 0.3 is 5.97 Å². The van der Waals surface area contributed by atoms with Gasteiger partial charge in [-0.3, -0.25) is 9.69 Å². The first-order valence-corrected chi connectivity index (χ1v) is 5.29. The fourth-order valence-electron chi connectivity index (χ4n) is 1.42. The van der Waals surface area contributed by atoms with Gasteiger partial charge in [0.15, 0.2) is 0 Å². The van der Waals surface area contributed by atoms with Gasteiger partial charge in [-0.05, 0) is 19.5 Å². The fraction of sp³-hybridized carbons (Fsp3) is 0.909. The van der Waals surface area contributed by atoms with Crippen molar-refractivity contribution in [3.63, 3.8) is 0 Å². The van der Waals surface area contributed by atoms with E-state index in [9.17, 15) is 4.79 Å². The average molecular weight is 216 g/mol. The van der Waals surface area contributed by atoms with Crippen molar-refractivity contribution >= 4 is 5.97 Å². The van der Waals surface area contributed by atoms with E-state index < -0.39 is 5.97 Å². The Balaban J connectivity index is 4.12. The van der Waals surface area contributed by atoms with Gasteiger partial charge in [0.25, 0.3) is 0 Å². The third kappa shape index (κ3) is 9.69. The van der Waals surface area contributed by atoms with Gasteiger partial charge in [-0.15, -0.1) is 0 Å². The third-order valence-corrected chi connectivity index (χ3v) is 1.92. The molecule has 0 aliphatic rings. The highest BCUT2D eigenvalue weighted by atomic mass is 16.4. The van der Waals surface area contributed by atoms with E-state index in [4.69, 9.17) is 5.11 Å². The Morgan fingerprint density at radius 1 is 1.20 bits per heavy atom. The van der Waals surface area contributed by atoms with Crippen molar-refractivity contribution in [2.45, 2.75) is 20.8 Å². The number of hydrogen-bond acceptors (Lipinski definition) is 3. The van der Waals surface area contributed by atoms with E-state index in [0.29, 0.717) is 0 Å². The van der Waals surface area contributed by atoms with Crippen LogP contribution in [0.1, 0.15) is 20.8 Å². The SMILES string of the molecule is CN(C)CCN(CC(=O)O)CC(C)(C)C. The molecule has 1 N–H and O–H groups in total. The van der Waals surface area contributed by atoms with E-state index in [1.54, 1.807) is 0 Å². The van der Waals surface area contributed by atoms with Gasteiger partial charge in [-0.1, -0.05) is 20.8 Å². The number of carboxylic acid groups (broad SMARTS) is 1. The fourth-order valence-corrected chi connectivity index (χ4v) is 1.42. The average Bonchev–Trinajstić information content (AvgIpc) is 1.95. The van der Waals surface area contributed by atoms with Crippen molar-refractivity contribution in [1.82, 2.24) is 9.80 Å². The molecule has 0 radical (unpaired) electrons. The van der Waals surface area contributed by atoms with Gasteiger partial charge < -0.3 is 10.0 Å². The summed E-state index contributed by atoms with van der Waals surface area (Å²) in [6.07, 6.45) is 0. The van der Waals surface area contributed by atoms with E-state index in [1.807, 2.05) is 19.0 Å². The van der Waals surface area contributed by atoms with Gasteiger partial charge in [0.2, 0.25) is 0 Å². The van der Waals surface area contributed by atoms with Crippen molar-refractivity contribution in [3.05, 3.63) is 0 Å². The van der Waals surface area contributed by atoms with Gasteiger partial charge in [0.05, 0.1) is 6.54 Å². The first-order chi connectivity index (χ1) is 6.70. The Bertz CT molecular complexity index is 197. The summed E-state index contributed by atoms with van der Waals surface area (Å²) >= 11 is 0. The molecule has 0 rings (SSSR count). The standard InChI is InChI=1S/C11H24N2O2/c1-11(2,3)9-13(8-10(14)15)7-6-12(4)5/h6-9H2,1-5H3,(H,14,15). The van der Waals surface area contributed by atoms with Crippen molar-refractivity contribution in [2.24, 2.45) is 5.41 Å². The van der Waals surface area contributed by atoms with Gasteiger partial charge in [0.1, 0.15) is 0 Å². The lowest BCUT2D eigenvalue weighted by molar-refractivity contribution is -0.138. The first kappa shape index (κ1) is 14.4. The topological polar surface area (TPSA) is 43.8 Å². The summed E-state index contributed by atoms with van der Waals surface area (Å²) in [6.45, 7) is 9.00. The molecule has 15 heavy (non-hydrogen) atoms. The van der Waals surface area contributed by atoms with E-state index in [0.717, 1.165) is 19.6 Å². The smallest absolute Gasteiger partial charge is 0.317 e. The molecular formula is C11H24N2O2. The molecule has 90 valence electrons. The molecule has 0 atom stereocenters. The van der Waals surface area contributed by atoms with Crippen LogP contribution in [-0.4, -0.2) is 61.2 Å². The van der Waals surface area contributed by atoms with Crippen molar-refractivity contribution in [1.29, 1.82) is 0 Å². The lowest BCUT2D eigenvalue weighted by Crippen LogP contribution is -2.40. The molecule has 0 aliphatic heterocycles. The Labute approximate surface area is 92.9 Å². The highest BCUT2D eigenvalue weighted by Crippen LogP contribution is 2.14. The van der Waals surface area contributed by atoms with Crippen LogP contribution in [0.25, 0.3) is 0 Å². The quantitative estimate of drug-likeness (QED) is 0.719. The van der Waals surface area contributed by atoms with Crippen LogP contribution in [-0.2, 0) is 4.79 Å². The number of rotatable bonds is 6. The number of nitrogens with zero attached hydrogens (tertiary/aromatic N) is 2. The summed E-state index contributed by atoms with van der Waals surface area (Å²) in [5, 5.41) is 8.79. The van der Waals surface area contributed by atoms with Crippen LogP contribution in [0.3, 0.4) is 0 Å². The molecule has 4 heteroatoms. The molecule has 0 unspecified atom stereocenters. The zero-order chi connectivity index (χ0) is 12.1. The van der Waals surface area contributed by atoms with Crippen LogP contribution in [0, 0.1) is 5.41 Å². The lowest BCUT2D eigenvalue weighted by atomic mass is 9.96. The Kier molecular flexibility index (Phi) is 5.83. The summed E-state index contributed by atoms with van der Waals surface area (Å²) in [7, 11) is 3.99. The minimum atomic E-state index is -0.752. The number of carbonyl (C=O) groups is 1. The molecule has 0 aromatic carbocycles. The van der Waals surface area contributed by atoms with Gasteiger partial charge in [-0.25, -0.2) is 0 Å². The van der Waals surface area contributed by atoms with Gasteiger partial charge in [0, 0.05) is 19.6 Å². The maximum absolute atomic E-state index is 10.7. The molecular weight excluding hydrogens is 192 g/mol. The molecule has 0 heterocycles. The molecule has 0 bridgehead atoms. The molecule has 4 nitrogen and oxygen atoms in total. The van der Waals surface area contributed by atoms with Crippen LogP contribution < -0.4 is 0 Å². The van der Waals surface area contributed by atoms with Crippen molar-refractivity contribution in [2.75, 3.05) is 40.3 Å². The van der Waals surface area contributed by atoms with Crippen LogP contribution in [0.5, 0.6) is 0 Å². The molecule has 0 fully saturated rings. The second-order valence-corrected chi connectivity index (χ2v) is 5.47. The Morgan fingerprint density at radius 2 is 1.73 bits per heavy atom. The van der Waals surface area contributed by atoms with Crippen molar-refractivity contribution in [3.8, 4) is 0 Å². The predicted molar refractivity (Wildman–Crippen MR) is 62.1 cm³/mol. The zero-order valence-electron chi connectivity index (χ0n) is 10.6. The minimum Gasteiger partial charge on any atom is -0.480 e. The maximum atomic E-state index is 10.7. The summed E-state index contributed by atoms with van der Waals surface area (Å²) in [5.74, 6) is -0.752. The van der Waals surface area contributed by atoms with Gasteiger partial charge in [-0.2, -0.15) is 0 Å². The van der Waals surface area contributed by atoms with E-state index >= 15 is 0 Å². The van der Waals surface area contributed by atoms with Crippen LogP contribution in [0.15, 0.2) is 0 Å². The predicted octanol–water partition coefficient (Wildman–Crippen LogP) is 0.981. The second kappa shape index (κ2) is 6.08. The summed E-state index contributed by atoms with van der Waals surface area (Å²) < 4.78 is 0. The zero-order valence-corrected chi connectivity index (χ0v) is 10.6. The monoisotopic (exact) mass is 216 g/mol. The molecule has 0 saturated heterocycles. The molecule has 0 aromatic rings. The third-order valence-electron chi connectivity index (χ3n) is 1.92. The highest BCUT2D eigenvalue weighted by Gasteiger charge is 2.18. The Morgan fingerprint density at radius 3 is 2.07 bits per heavy atom. The van der Waals surface area contributed by atoms with Crippen LogP contribution in [0.2, 0.25) is 0 Å². The summed E-state index contributed by atoms with van der Waals surface area (Å²) in [4.78, 5) is 14.7. The highest BCUT2D eigenvalue weighted by molar-refractivity contribution is 5.69. The minimum absolute atomic E-state index is 0.130. The maximum Gasteiger partial charge on any atom is 0.317 e. The first-order valence-electron chi connectivity index (χ1n) is 5.29. The number of hydrogen-bond donors (Lipinski definition) is 1. The molecule has 0 aromatic heterocycles. The number of likely N-dealkylation sites (N-methyl/N-ethyl adjacent to an activating group) is 1. The van der Waals surface area contributed by atoms with Crippen LogP contribution in [0.4, 0.5) is 0 Å². The van der Waals surface area contributed by atoms with E-state index in [2.05, 4.69) is 25.7 Å². The molecule has 0 saturated carbocycles. The summed E-state index contributed by atoms with van der Waals surface area (Å²) in [6, 6.07) is 0. The Hall–Kier alpha value is -0.610. The molecule has 0 spiro atoms. The lowest BCUT2D eigenvalue weighted by Gasteiger charge is -2.29. The normalized spacial score (nSPS) is 12.5. The molecule has 0 aliphatic carbocycles. The number of carboxylic acids is 1. The van der Waals surface area contributed by atoms with Crippen molar-refractivity contribution < 1.29 is 9.90 Å². The van der Waals surface area contributed by atoms with E-state index in [1.165, 1.54) is 0 Å². The largest absolute Gasteiger partial charge is 0.480 e. The van der Waals surface area contributed by atoms with Crippen LogP contribution >= 0.6 is 0 Å². The second-order valence-electron chi connectivity index (χ2n) is 5.47. The molecule has 0 amide bonds. The number of aliphatic carboxylic acids is 1. The van der Waals surface area contributed by atoms with E-state index in [-0.39, 0.29) is 12.0 Å². The summed E-state index contributed by atoms with van der Waals surface area (Å²) in [5.41, 5.74) is 0.141.